The molecule has 0 saturated heterocycles. The number of rotatable bonds is 7. The molecule has 0 unspecified atom stereocenters. The van der Waals surface area contributed by atoms with Crippen LogP contribution >= 0.6 is 34.8 Å². The third-order valence-electron chi connectivity index (χ3n) is 4.82. The summed E-state index contributed by atoms with van der Waals surface area (Å²) in [6, 6.07) is 13.5. The molecule has 11 heteroatoms. The van der Waals surface area contributed by atoms with Crippen molar-refractivity contribution in [3.8, 4) is 5.69 Å². The molecule has 0 radical (unpaired) electrons. The van der Waals surface area contributed by atoms with Crippen LogP contribution in [-0.2, 0) is 14.8 Å². The number of aryl methyl sites for hydroxylation is 1. The van der Waals surface area contributed by atoms with E-state index in [2.05, 4.69) is 10.5 Å². The Labute approximate surface area is 207 Å². The van der Waals surface area contributed by atoms with Crippen LogP contribution in [0.2, 0.25) is 15.1 Å². The number of aromatic nitrogens is 1. The molecule has 0 fully saturated rings. The summed E-state index contributed by atoms with van der Waals surface area (Å²) in [5.74, 6) is -0.619. The van der Waals surface area contributed by atoms with E-state index < -0.39 is 22.5 Å². The van der Waals surface area contributed by atoms with E-state index in [0.717, 1.165) is 33.2 Å². The number of nitrogens with one attached hydrogen (secondary N) is 1. The molecule has 0 aliphatic rings. The predicted molar refractivity (Wildman–Crippen MR) is 135 cm³/mol. The van der Waals surface area contributed by atoms with Crippen LogP contribution in [0.1, 0.15) is 17.0 Å². The Morgan fingerprint density at radius 2 is 1.79 bits per heavy atom. The maximum atomic E-state index is 12.4. The number of carbonyl (C=O) groups excluding carboxylic acids is 1. The normalized spacial score (nSPS) is 11.7. The maximum Gasteiger partial charge on any atom is 0.260 e. The van der Waals surface area contributed by atoms with Crippen molar-refractivity contribution < 1.29 is 13.2 Å². The van der Waals surface area contributed by atoms with Gasteiger partial charge in [-0.05, 0) is 50.2 Å². The van der Waals surface area contributed by atoms with Gasteiger partial charge >= 0.3 is 0 Å². The second-order valence-corrected chi connectivity index (χ2v) is 10.4. The minimum Gasteiger partial charge on any atom is -0.316 e. The van der Waals surface area contributed by atoms with Gasteiger partial charge in [0.15, 0.2) is 0 Å². The standard InChI is InChI=1S/C22H21Cl3N4O3S/c1-14-10-16(15(2)29(14)21-9-8-17(23)11-19(21)25)12-26-27-22(30)13-28(33(3,31)32)20-7-5-4-6-18(20)24/h4-12H,13H2,1-3H3,(H,27,30)/b26-12-. The first kappa shape index (κ1) is 25.1. The van der Waals surface area contributed by atoms with Crippen LogP contribution < -0.4 is 9.73 Å². The van der Waals surface area contributed by atoms with Crippen molar-refractivity contribution in [2.45, 2.75) is 13.8 Å². The first-order valence-electron chi connectivity index (χ1n) is 9.67. The summed E-state index contributed by atoms with van der Waals surface area (Å²) in [5.41, 5.74) is 5.86. The molecule has 1 N–H and O–H groups in total. The third-order valence-corrected chi connectivity index (χ3v) is 6.81. The molecule has 0 atom stereocenters. The van der Waals surface area contributed by atoms with Crippen molar-refractivity contribution in [1.29, 1.82) is 0 Å². The van der Waals surface area contributed by atoms with Gasteiger partial charge in [-0.3, -0.25) is 9.10 Å². The number of anilines is 1. The van der Waals surface area contributed by atoms with Gasteiger partial charge in [0.1, 0.15) is 6.54 Å². The van der Waals surface area contributed by atoms with Crippen LogP contribution in [-0.4, -0.2) is 37.9 Å². The Bertz CT molecular complexity index is 1340. The minimum absolute atomic E-state index is 0.212. The van der Waals surface area contributed by atoms with E-state index in [9.17, 15) is 13.2 Å². The topological polar surface area (TPSA) is 83.8 Å². The number of benzene rings is 2. The number of sulfonamides is 1. The van der Waals surface area contributed by atoms with E-state index in [0.29, 0.717) is 10.0 Å². The number of amides is 1. The van der Waals surface area contributed by atoms with Crippen LogP contribution in [0.3, 0.4) is 0 Å². The number of halogens is 3. The molecule has 1 heterocycles. The SMILES string of the molecule is Cc1cc(/C=N\NC(=O)CN(c2ccccc2Cl)S(C)(=O)=O)c(C)n1-c1ccc(Cl)cc1Cl. The number of hydrogen-bond donors (Lipinski definition) is 1. The molecule has 7 nitrogen and oxygen atoms in total. The number of para-hydroxylation sites is 1. The first-order chi connectivity index (χ1) is 15.5. The van der Waals surface area contributed by atoms with E-state index in [1.165, 1.54) is 12.3 Å². The Morgan fingerprint density at radius 3 is 2.42 bits per heavy atom. The molecule has 0 bridgehead atoms. The number of nitrogens with zero attached hydrogens (tertiary/aromatic N) is 3. The monoisotopic (exact) mass is 526 g/mol. The zero-order valence-electron chi connectivity index (χ0n) is 18.0. The van der Waals surface area contributed by atoms with E-state index in [1.807, 2.05) is 30.5 Å². The maximum absolute atomic E-state index is 12.4. The zero-order valence-corrected chi connectivity index (χ0v) is 21.1. The highest BCUT2D eigenvalue weighted by Crippen LogP contribution is 2.29. The van der Waals surface area contributed by atoms with Gasteiger partial charge in [0.25, 0.3) is 5.91 Å². The predicted octanol–water partition coefficient (Wildman–Crippen LogP) is 4.97. The van der Waals surface area contributed by atoms with Crippen molar-refractivity contribution in [3.63, 3.8) is 0 Å². The molecular formula is C22H21Cl3N4O3S. The lowest BCUT2D eigenvalue weighted by Crippen LogP contribution is -2.39. The quantitative estimate of drug-likeness (QED) is 0.348. The van der Waals surface area contributed by atoms with Crippen LogP contribution in [0, 0.1) is 13.8 Å². The lowest BCUT2D eigenvalue weighted by Gasteiger charge is -2.22. The van der Waals surface area contributed by atoms with Crippen LogP contribution in [0.5, 0.6) is 0 Å². The largest absolute Gasteiger partial charge is 0.316 e. The second kappa shape index (κ2) is 10.2. The fourth-order valence-corrected chi connectivity index (χ4v) is 4.98. The van der Waals surface area contributed by atoms with E-state index in [-0.39, 0.29) is 10.7 Å². The molecular weight excluding hydrogens is 507 g/mol. The van der Waals surface area contributed by atoms with Crippen LogP contribution in [0.4, 0.5) is 5.69 Å². The Hall–Kier alpha value is -2.52. The van der Waals surface area contributed by atoms with Gasteiger partial charge in [-0.1, -0.05) is 46.9 Å². The van der Waals surface area contributed by atoms with E-state index >= 15 is 0 Å². The molecule has 0 aliphatic heterocycles. The smallest absolute Gasteiger partial charge is 0.260 e. The summed E-state index contributed by atoms with van der Waals surface area (Å²) in [6.07, 6.45) is 2.49. The van der Waals surface area contributed by atoms with Crippen LogP contribution in [0.25, 0.3) is 5.69 Å². The molecule has 174 valence electrons. The summed E-state index contributed by atoms with van der Waals surface area (Å²) < 4.78 is 27.3. The van der Waals surface area contributed by atoms with Crippen molar-refractivity contribution >= 4 is 62.6 Å². The number of hydrazone groups is 1. The Balaban J connectivity index is 1.77. The molecule has 0 spiro atoms. The molecule has 2 aromatic carbocycles. The van der Waals surface area contributed by atoms with Gasteiger partial charge < -0.3 is 4.57 Å². The number of hydrogen-bond acceptors (Lipinski definition) is 4. The summed E-state index contributed by atoms with van der Waals surface area (Å²) in [5, 5.41) is 5.25. The van der Waals surface area contributed by atoms with Crippen molar-refractivity contribution in [1.82, 2.24) is 9.99 Å². The molecule has 3 rings (SSSR count). The van der Waals surface area contributed by atoms with Crippen LogP contribution in [0.15, 0.2) is 53.6 Å². The van der Waals surface area contributed by atoms with Gasteiger partial charge in [-0.15, -0.1) is 0 Å². The molecule has 0 saturated carbocycles. The zero-order chi connectivity index (χ0) is 24.3. The molecule has 0 aliphatic carbocycles. The van der Waals surface area contributed by atoms with Gasteiger partial charge in [-0.2, -0.15) is 5.10 Å². The number of carbonyl (C=O) groups is 1. The highest BCUT2D eigenvalue weighted by atomic mass is 35.5. The van der Waals surface area contributed by atoms with Gasteiger partial charge in [0, 0.05) is 22.0 Å². The third kappa shape index (κ3) is 5.89. The molecule has 1 aromatic heterocycles. The van der Waals surface area contributed by atoms with Crippen molar-refractivity contribution in [2.75, 3.05) is 17.1 Å². The average Bonchev–Trinajstić information content (AvgIpc) is 3.00. The van der Waals surface area contributed by atoms with Gasteiger partial charge in [0.2, 0.25) is 10.0 Å². The summed E-state index contributed by atoms with van der Waals surface area (Å²) in [7, 11) is -3.75. The lowest BCUT2D eigenvalue weighted by molar-refractivity contribution is -0.119. The highest BCUT2D eigenvalue weighted by molar-refractivity contribution is 7.92. The molecule has 1 amide bonds. The molecule has 33 heavy (non-hydrogen) atoms. The van der Waals surface area contributed by atoms with Gasteiger partial charge in [0.05, 0.1) is 33.9 Å². The van der Waals surface area contributed by atoms with Crippen molar-refractivity contribution in [2.24, 2.45) is 5.10 Å². The fraction of sp³-hybridized carbons (Fsp3) is 0.182. The van der Waals surface area contributed by atoms with E-state index in [1.54, 1.807) is 30.3 Å². The lowest BCUT2D eigenvalue weighted by atomic mass is 10.2. The summed E-state index contributed by atoms with van der Waals surface area (Å²) >= 11 is 18.5. The fourth-order valence-electron chi connectivity index (χ4n) is 3.33. The van der Waals surface area contributed by atoms with E-state index in [4.69, 9.17) is 34.8 Å². The first-order valence-corrected chi connectivity index (χ1v) is 12.7. The highest BCUT2D eigenvalue weighted by Gasteiger charge is 2.22. The second-order valence-electron chi connectivity index (χ2n) is 7.27. The van der Waals surface area contributed by atoms with Gasteiger partial charge in [-0.25, -0.2) is 13.8 Å². The summed E-state index contributed by atoms with van der Waals surface area (Å²) in [4.78, 5) is 12.4. The molecule has 3 aromatic rings. The Morgan fingerprint density at radius 1 is 1.09 bits per heavy atom. The van der Waals surface area contributed by atoms with Crippen molar-refractivity contribution in [3.05, 3.63) is 80.6 Å². The average molecular weight is 528 g/mol. The minimum atomic E-state index is -3.75. The summed E-state index contributed by atoms with van der Waals surface area (Å²) in [6.45, 7) is 3.34. The Kier molecular flexibility index (Phi) is 7.74.